The molecule has 7 nitrogen and oxygen atoms in total. The second-order valence-electron chi connectivity index (χ2n) is 6.15. The molecule has 0 radical (unpaired) electrons. The van der Waals surface area contributed by atoms with Crippen LogP contribution in [0, 0.1) is 6.92 Å². The number of ether oxygens (including phenoxy) is 1. The fraction of sp³-hybridized carbons (Fsp3) is 0.150. The van der Waals surface area contributed by atoms with Crippen molar-refractivity contribution in [2.45, 2.75) is 13.5 Å². The Bertz CT molecular complexity index is 1060. The smallest absolute Gasteiger partial charge is 0.340 e. The molecule has 0 aliphatic carbocycles. The highest BCUT2D eigenvalue weighted by molar-refractivity contribution is 6.00. The lowest BCUT2D eigenvalue weighted by atomic mass is 10.0. The molecule has 0 amide bonds. The summed E-state index contributed by atoms with van der Waals surface area (Å²) in [5, 5.41) is 0. The second-order valence-corrected chi connectivity index (χ2v) is 6.15. The number of pyridine rings is 2. The molecule has 0 aliphatic rings. The number of anilines is 2. The molecular weight excluding hydrogens is 344 g/mol. The Morgan fingerprint density at radius 2 is 1.89 bits per heavy atom. The van der Waals surface area contributed by atoms with E-state index in [1.807, 2.05) is 31.2 Å². The van der Waals surface area contributed by atoms with E-state index in [9.17, 15) is 9.59 Å². The Kier molecular flexibility index (Phi) is 4.94. The Balaban J connectivity index is 2.05. The first-order chi connectivity index (χ1) is 12.9. The van der Waals surface area contributed by atoms with E-state index in [0.717, 1.165) is 11.4 Å². The van der Waals surface area contributed by atoms with Crippen molar-refractivity contribution in [1.29, 1.82) is 0 Å². The molecule has 0 saturated carbocycles. The molecule has 2 aromatic heterocycles. The fourth-order valence-corrected chi connectivity index (χ4v) is 2.87. The summed E-state index contributed by atoms with van der Waals surface area (Å²) in [6.45, 7) is 2.22. The lowest BCUT2D eigenvalue weighted by molar-refractivity contribution is 0.0602. The largest absolute Gasteiger partial charge is 0.465 e. The molecule has 138 valence electrons. The van der Waals surface area contributed by atoms with Crippen LogP contribution in [-0.2, 0) is 11.3 Å². The van der Waals surface area contributed by atoms with Crippen molar-refractivity contribution in [3.8, 4) is 11.1 Å². The summed E-state index contributed by atoms with van der Waals surface area (Å²) >= 11 is 0. The van der Waals surface area contributed by atoms with Gasteiger partial charge in [0.05, 0.1) is 36.3 Å². The number of nitrogens with zero attached hydrogens (tertiary/aromatic N) is 2. The van der Waals surface area contributed by atoms with Gasteiger partial charge in [-0.05, 0) is 48.4 Å². The lowest BCUT2D eigenvalue weighted by Crippen LogP contribution is -2.22. The maximum Gasteiger partial charge on any atom is 0.340 e. The summed E-state index contributed by atoms with van der Waals surface area (Å²) in [6.07, 6.45) is 1.69. The number of benzene rings is 1. The van der Waals surface area contributed by atoms with E-state index in [-0.39, 0.29) is 22.5 Å². The van der Waals surface area contributed by atoms with Gasteiger partial charge in [0.1, 0.15) is 0 Å². The molecule has 0 atom stereocenters. The Morgan fingerprint density at radius 3 is 2.52 bits per heavy atom. The molecule has 0 saturated heterocycles. The number of hydrogen-bond acceptors (Lipinski definition) is 6. The summed E-state index contributed by atoms with van der Waals surface area (Å²) < 4.78 is 6.38. The van der Waals surface area contributed by atoms with Crippen molar-refractivity contribution >= 4 is 17.3 Å². The predicted molar refractivity (Wildman–Crippen MR) is 104 cm³/mol. The summed E-state index contributed by atoms with van der Waals surface area (Å²) in [5.74, 6) is -0.582. The first-order valence-electron chi connectivity index (χ1n) is 8.29. The number of aromatic nitrogens is 2. The van der Waals surface area contributed by atoms with Crippen LogP contribution in [0.1, 0.15) is 21.7 Å². The van der Waals surface area contributed by atoms with Gasteiger partial charge in [0.25, 0.3) is 5.56 Å². The van der Waals surface area contributed by atoms with Crippen LogP contribution in [0.5, 0.6) is 0 Å². The molecule has 0 bridgehead atoms. The minimum absolute atomic E-state index is 0.158. The summed E-state index contributed by atoms with van der Waals surface area (Å²) in [6, 6.07) is 12.1. The Morgan fingerprint density at radius 1 is 1.15 bits per heavy atom. The number of hydrogen-bond donors (Lipinski definition) is 2. The zero-order valence-corrected chi connectivity index (χ0v) is 15.1. The molecule has 0 fully saturated rings. The van der Waals surface area contributed by atoms with Crippen molar-refractivity contribution in [2.24, 2.45) is 0 Å². The zero-order chi connectivity index (χ0) is 19.6. The van der Waals surface area contributed by atoms with Gasteiger partial charge in [0.15, 0.2) is 0 Å². The second kappa shape index (κ2) is 7.33. The van der Waals surface area contributed by atoms with Gasteiger partial charge in [0.2, 0.25) is 0 Å². The first kappa shape index (κ1) is 18.2. The van der Waals surface area contributed by atoms with Crippen LogP contribution in [-0.4, -0.2) is 22.6 Å². The normalized spacial score (nSPS) is 10.6. The minimum Gasteiger partial charge on any atom is -0.465 e. The standard InChI is InChI=1S/C20H20N4O3/c1-12-7-13(10-18(25)24(12)11-15-5-3-4-6-23-15)14-8-16(20(26)27-2)19(22)17(21)9-14/h3-10H,11,21-22H2,1-2H3. The quantitative estimate of drug-likeness (QED) is 0.542. The molecule has 0 spiro atoms. The fourth-order valence-electron chi connectivity index (χ4n) is 2.87. The molecule has 0 aliphatic heterocycles. The van der Waals surface area contributed by atoms with Crippen LogP contribution in [0.25, 0.3) is 11.1 Å². The average Bonchev–Trinajstić information content (AvgIpc) is 2.66. The maximum absolute atomic E-state index is 12.7. The summed E-state index contributed by atoms with van der Waals surface area (Å²) in [4.78, 5) is 28.8. The summed E-state index contributed by atoms with van der Waals surface area (Å²) in [5.41, 5.74) is 15.0. The molecule has 2 heterocycles. The monoisotopic (exact) mass is 364 g/mol. The number of carbonyl (C=O) groups is 1. The molecule has 7 heteroatoms. The third-order valence-electron chi connectivity index (χ3n) is 4.33. The molecule has 1 aromatic carbocycles. The molecular formula is C20H20N4O3. The number of nitrogens with two attached hydrogens (primary N) is 2. The first-order valence-corrected chi connectivity index (χ1v) is 8.29. The number of aryl methyl sites for hydroxylation is 1. The van der Waals surface area contributed by atoms with Gasteiger partial charge in [-0.1, -0.05) is 6.07 Å². The highest BCUT2D eigenvalue weighted by Crippen LogP contribution is 2.29. The average molecular weight is 364 g/mol. The van der Waals surface area contributed by atoms with Gasteiger partial charge >= 0.3 is 5.97 Å². The highest BCUT2D eigenvalue weighted by atomic mass is 16.5. The van der Waals surface area contributed by atoms with Gasteiger partial charge in [-0.3, -0.25) is 9.78 Å². The Hall–Kier alpha value is -3.61. The zero-order valence-electron chi connectivity index (χ0n) is 15.1. The van der Waals surface area contributed by atoms with Crippen LogP contribution in [0.2, 0.25) is 0 Å². The van der Waals surface area contributed by atoms with E-state index in [2.05, 4.69) is 4.98 Å². The third kappa shape index (κ3) is 3.67. The van der Waals surface area contributed by atoms with Gasteiger partial charge in [-0.15, -0.1) is 0 Å². The van der Waals surface area contributed by atoms with Crippen LogP contribution in [0.3, 0.4) is 0 Å². The Labute approximate surface area is 156 Å². The molecule has 4 N–H and O–H groups in total. The minimum atomic E-state index is -0.582. The van der Waals surface area contributed by atoms with Crippen LogP contribution in [0.15, 0.2) is 53.5 Å². The summed E-state index contributed by atoms with van der Waals surface area (Å²) in [7, 11) is 1.27. The van der Waals surface area contributed by atoms with Gasteiger partial charge in [-0.25, -0.2) is 4.79 Å². The molecule has 27 heavy (non-hydrogen) atoms. The van der Waals surface area contributed by atoms with Crippen molar-refractivity contribution in [3.63, 3.8) is 0 Å². The maximum atomic E-state index is 12.7. The van der Waals surface area contributed by atoms with E-state index in [4.69, 9.17) is 16.2 Å². The number of esters is 1. The van der Waals surface area contributed by atoms with Crippen LogP contribution >= 0.6 is 0 Å². The number of rotatable bonds is 4. The van der Waals surface area contributed by atoms with E-state index in [0.29, 0.717) is 17.7 Å². The van der Waals surface area contributed by atoms with E-state index in [1.54, 1.807) is 22.9 Å². The van der Waals surface area contributed by atoms with Crippen molar-refractivity contribution in [2.75, 3.05) is 18.6 Å². The topological polar surface area (TPSA) is 113 Å². The van der Waals surface area contributed by atoms with E-state index in [1.165, 1.54) is 13.2 Å². The van der Waals surface area contributed by atoms with E-state index >= 15 is 0 Å². The molecule has 0 unspecified atom stereocenters. The number of nitrogen functional groups attached to an aromatic ring is 2. The molecule has 3 rings (SSSR count). The van der Waals surface area contributed by atoms with Gasteiger partial charge < -0.3 is 20.8 Å². The van der Waals surface area contributed by atoms with Gasteiger partial charge in [-0.2, -0.15) is 0 Å². The predicted octanol–water partition coefficient (Wildman–Crippen LogP) is 2.22. The van der Waals surface area contributed by atoms with Crippen molar-refractivity contribution in [1.82, 2.24) is 9.55 Å². The SMILES string of the molecule is COC(=O)c1cc(-c2cc(C)n(Cc3ccccn3)c(=O)c2)cc(N)c1N. The highest BCUT2D eigenvalue weighted by Gasteiger charge is 2.16. The van der Waals surface area contributed by atoms with Crippen LogP contribution < -0.4 is 17.0 Å². The lowest BCUT2D eigenvalue weighted by Gasteiger charge is -2.14. The van der Waals surface area contributed by atoms with Gasteiger partial charge in [0, 0.05) is 18.0 Å². The van der Waals surface area contributed by atoms with E-state index < -0.39 is 5.97 Å². The van der Waals surface area contributed by atoms with Crippen LogP contribution in [0.4, 0.5) is 11.4 Å². The number of carbonyl (C=O) groups excluding carboxylic acids is 1. The van der Waals surface area contributed by atoms with Crippen molar-refractivity contribution < 1.29 is 9.53 Å². The van der Waals surface area contributed by atoms with Crippen molar-refractivity contribution in [3.05, 3.63) is 76.0 Å². The third-order valence-corrected chi connectivity index (χ3v) is 4.33. The number of methoxy groups -OCH3 is 1. The molecule has 3 aromatic rings.